The molecule has 0 aliphatic heterocycles. The minimum absolute atomic E-state index is 0.0728. The van der Waals surface area contributed by atoms with Crippen LogP contribution in [0, 0.1) is 6.92 Å². The predicted molar refractivity (Wildman–Crippen MR) is 104 cm³/mol. The van der Waals surface area contributed by atoms with E-state index >= 15 is 0 Å². The van der Waals surface area contributed by atoms with Gasteiger partial charge in [0.1, 0.15) is 5.75 Å². The van der Waals surface area contributed by atoms with Gasteiger partial charge in [-0.15, -0.1) is 0 Å². The Bertz CT molecular complexity index is 924. The van der Waals surface area contributed by atoms with Crippen LogP contribution in [0.2, 0.25) is 0 Å². The monoisotopic (exact) mass is 365 g/mol. The molecule has 0 fully saturated rings. The van der Waals surface area contributed by atoms with E-state index < -0.39 is 0 Å². The van der Waals surface area contributed by atoms with E-state index in [2.05, 4.69) is 36.2 Å². The van der Waals surface area contributed by atoms with Gasteiger partial charge in [-0.3, -0.25) is 10.1 Å². The molecule has 1 amide bonds. The van der Waals surface area contributed by atoms with Crippen molar-refractivity contribution in [1.29, 1.82) is 0 Å². The fraction of sp³-hybridized carbons (Fsp3) is 0.286. The molecular formula is C21H23N3O3. The summed E-state index contributed by atoms with van der Waals surface area (Å²) in [5.41, 5.74) is 3.13. The third-order valence-corrected chi connectivity index (χ3v) is 4.14. The van der Waals surface area contributed by atoms with E-state index in [0.717, 1.165) is 11.1 Å². The molecule has 0 bridgehead atoms. The van der Waals surface area contributed by atoms with Crippen LogP contribution in [-0.2, 0) is 10.2 Å². The Morgan fingerprint density at radius 3 is 2.48 bits per heavy atom. The lowest BCUT2D eigenvalue weighted by atomic mass is 9.87. The van der Waals surface area contributed by atoms with Crippen molar-refractivity contribution >= 4 is 11.9 Å². The van der Waals surface area contributed by atoms with Crippen LogP contribution in [-0.4, -0.2) is 22.7 Å². The minimum atomic E-state index is -0.355. The zero-order valence-corrected chi connectivity index (χ0v) is 15.9. The summed E-state index contributed by atoms with van der Waals surface area (Å²) in [6.45, 7) is 8.25. The second-order valence-corrected chi connectivity index (χ2v) is 7.35. The number of hydrogen-bond acceptors (Lipinski definition) is 5. The normalized spacial score (nSPS) is 11.3. The minimum Gasteiger partial charge on any atom is -0.484 e. The fourth-order valence-electron chi connectivity index (χ4n) is 2.56. The molecule has 0 unspecified atom stereocenters. The Kier molecular flexibility index (Phi) is 5.26. The predicted octanol–water partition coefficient (Wildman–Crippen LogP) is 4.36. The van der Waals surface area contributed by atoms with Gasteiger partial charge < -0.3 is 9.26 Å². The van der Waals surface area contributed by atoms with Crippen LogP contribution >= 0.6 is 0 Å². The van der Waals surface area contributed by atoms with Gasteiger partial charge in [-0.05, 0) is 46.8 Å². The molecule has 0 saturated carbocycles. The summed E-state index contributed by atoms with van der Waals surface area (Å²) in [6.07, 6.45) is 0. The van der Waals surface area contributed by atoms with Crippen LogP contribution < -0.4 is 10.1 Å². The average molecular weight is 365 g/mol. The van der Waals surface area contributed by atoms with Crippen LogP contribution in [0.15, 0.2) is 53.1 Å². The Morgan fingerprint density at radius 2 is 1.81 bits per heavy atom. The summed E-state index contributed by atoms with van der Waals surface area (Å²) in [5.74, 6) is 0.755. The van der Waals surface area contributed by atoms with E-state index in [1.165, 1.54) is 5.56 Å². The third kappa shape index (κ3) is 4.73. The number of anilines is 1. The van der Waals surface area contributed by atoms with Crippen molar-refractivity contribution in [2.75, 3.05) is 11.9 Å². The summed E-state index contributed by atoms with van der Waals surface area (Å²) in [7, 11) is 0. The molecule has 0 aliphatic carbocycles. The molecule has 0 saturated heterocycles. The molecule has 6 heteroatoms. The Morgan fingerprint density at radius 1 is 1.11 bits per heavy atom. The molecule has 6 nitrogen and oxygen atoms in total. The van der Waals surface area contributed by atoms with Crippen molar-refractivity contribution in [2.24, 2.45) is 0 Å². The standard InChI is InChI=1S/C21H23N3O3/c1-14-7-5-6-8-17(14)19-23-20(24-27-19)22-18(25)13-26-16-11-9-15(10-12-16)21(2,3)4/h5-12H,13H2,1-4H3,(H,22,24,25). The average Bonchev–Trinajstić information content (AvgIpc) is 3.08. The smallest absolute Gasteiger partial charge is 0.270 e. The van der Waals surface area contributed by atoms with Gasteiger partial charge in [-0.25, -0.2) is 0 Å². The molecule has 0 spiro atoms. The van der Waals surface area contributed by atoms with Crippen molar-refractivity contribution in [1.82, 2.24) is 10.1 Å². The maximum atomic E-state index is 12.1. The first-order valence-corrected chi connectivity index (χ1v) is 8.76. The zero-order valence-electron chi connectivity index (χ0n) is 15.9. The van der Waals surface area contributed by atoms with E-state index in [0.29, 0.717) is 11.6 Å². The molecular weight excluding hydrogens is 342 g/mol. The number of rotatable bonds is 5. The quantitative estimate of drug-likeness (QED) is 0.727. The molecule has 0 aliphatic rings. The van der Waals surface area contributed by atoms with Crippen molar-refractivity contribution in [3.8, 4) is 17.2 Å². The number of ether oxygens (including phenoxy) is 1. The number of amides is 1. The molecule has 140 valence electrons. The first kappa shape index (κ1) is 18.6. The van der Waals surface area contributed by atoms with Gasteiger partial charge in [0.25, 0.3) is 17.7 Å². The van der Waals surface area contributed by atoms with Gasteiger partial charge >= 0.3 is 0 Å². The first-order chi connectivity index (χ1) is 12.8. The lowest BCUT2D eigenvalue weighted by Crippen LogP contribution is -2.21. The summed E-state index contributed by atoms with van der Waals surface area (Å²) in [4.78, 5) is 16.3. The van der Waals surface area contributed by atoms with Crippen molar-refractivity contribution in [3.63, 3.8) is 0 Å². The van der Waals surface area contributed by atoms with E-state index in [4.69, 9.17) is 9.26 Å². The molecule has 0 radical (unpaired) electrons. The molecule has 0 atom stereocenters. The van der Waals surface area contributed by atoms with Crippen molar-refractivity contribution in [3.05, 3.63) is 59.7 Å². The molecule has 1 N–H and O–H groups in total. The largest absolute Gasteiger partial charge is 0.484 e. The zero-order chi connectivity index (χ0) is 19.4. The Labute approximate surface area is 158 Å². The number of nitrogens with zero attached hydrogens (tertiary/aromatic N) is 2. The number of benzene rings is 2. The topological polar surface area (TPSA) is 77.2 Å². The first-order valence-electron chi connectivity index (χ1n) is 8.76. The molecule has 2 aromatic carbocycles. The van der Waals surface area contributed by atoms with Gasteiger partial charge in [-0.1, -0.05) is 51.1 Å². The maximum absolute atomic E-state index is 12.1. The SMILES string of the molecule is Cc1ccccc1-c1nc(NC(=O)COc2ccc(C(C)(C)C)cc2)no1. The highest BCUT2D eigenvalue weighted by Crippen LogP contribution is 2.24. The number of carbonyl (C=O) groups excluding carboxylic acids is 1. The Balaban J connectivity index is 1.56. The summed E-state index contributed by atoms with van der Waals surface area (Å²) >= 11 is 0. The highest BCUT2D eigenvalue weighted by molar-refractivity contribution is 5.90. The maximum Gasteiger partial charge on any atom is 0.270 e. The van der Waals surface area contributed by atoms with Crippen LogP contribution in [0.5, 0.6) is 5.75 Å². The molecule has 1 aromatic heterocycles. The number of hydrogen-bond donors (Lipinski definition) is 1. The van der Waals surface area contributed by atoms with E-state index in [1.807, 2.05) is 55.5 Å². The second kappa shape index (κ2) is 7.61. The molecule has 3 aromatic rings. The number of aromatic nitrogens is 2. The number of aryl methyl sites for hydroxylation is 1. The summed E-state index contributed by atoms with van der Waals surface area (Å²) < 4.78 is 10.7. The van der Waals surface area contributed by atoms with Crippen LogP contribution in [0.3, 0.4) is 0 Å². The molecule has 3 rings (SSSR count). The van der Waals surface area contributed by atoms with Crippen LogP contribution in [0.25, 0.3) is 11.5 Å². The van der Waals surface area contributed by atoms with Gasteiger partial charge in [0.05, 0.1) is 0 Å². The molecule has 1 heterocycles. The van der Waals surface area contributed by atoms with Gasteiger partial charge in [0, 0.05) is 5.56 Å². The van der Waals surface area contributed by atoms with E-state index in [-0.39, 0.29) is 23.9 Å². The van der Waals surface area contributed by atoms with E-state index in [9.17, 15) is 4.79 Å². The summed E-state index contributed by atoms with van der Waals surface area (Å²) in [5, 5.41) is 6.37. The van der Waals surface area contributed by atoms with Gasteiger partial charge in [0.15, 0.2) is 6.61 Å². The van der Waals surface area contributed by atoms with Gasteiger partial charge in [0.2, 0.25) is 0 Å². The van der Waals surface area contributed by atoms with Crippen LogP contribution in [0.1, 0.15) is 31.9 Å². The number of carbonyl (C=O) groups is 1. The molecule has 27 heavy (non-hydrogen) atoms. The van der Waals surface area contributed by atoms with Crippen LogP contribution in [0.4, 0.5) is 5.95 Å². The highest BCUT2D eigenvalue weighted by Gasteiger charge is 2.15. The van der Waals surface area contributed by atoms with Crippen molar-refractivity contribution in [2.45, 2.75) is 33.1 Å². The summed E-state index contributed by atoms with van der Waals surface area (Å²) in [6, 6.07) is 15.4. The Hall–Kier alpha value is -3.15. The lowest BCUT2D eigenvalue weighted by Gasteiger charge is -2.19. The fourth-order valence-corrected chi connectivity index (χ4v) is 2.56. The third-order valence-electron chi connectivity index (χ3n) is 4.14. The van der Waals surface area contributed by atoms with Crippen molar-refractivity contribution < 1.29 is 14.1 Å². The highest BCUT2D eigenvalue weighted by atomic mass is 16.5. The second-order valence-electron chi connectivity index (χ2n) is 7.35. The lowest BCUT2D eigenvalue weighted by molar-refractivity contribution is -0.118. The number of nitrogens with one attached hydrogen (secondary N) is 1. The van der Waals surface area contributed by atoms with E-state index in [1.54, 1.807) is 0 Å². The van der Waals surface area contributed by atoms with Gasteiger partial charge in [-0.2, -0.15) is 4.98 Å².